The summed E-state index contributed by atoms with van der Waals surface area (Å²) in [5, 5.41) is 2.72. The Hall–Kier alpha value is -1.06. The molecule has 2 rings (SSSR count). The average Bonchev–Trinajstić information content (AvgIpc) is 2.37. The zero-order valence-corrected chi connectivity index (χ0v) is 7.04. The second kappa shape index (κ2) is 2.47. The fourth-order valence-corrected chi connectivity index (χ4v) is 1.89. The van der Waals surface area contributed by atoms with Crippen LogP contribution in [0.15, 0.2) is 0 Å². The zero-order chi connectivity index (χ0) is 8.72. The van der Waals surface area contributed by atoms with Gasteiger partial charge in [0.15, 0.2) is 0 Å². The highest BCUT2D eigenvalue weighted by molar-refractivity contribution is 5.93. The van der Waals surface area contributed by atoms with Crippen molar-refractivity contribution in [1.29, 1.82) is 0 Å². The Morgan fingerprint density at radius 3 is 2.67 bits per heavy atom. The highest BCUT2D eigenvalue weighted by atomic mass is 16.2. The van der Waals surface area contributed by atoms with Crippen molar-refractivity contribution in [3.05, 3.63) is 0 Å². The van der Waals surface area contributed by atoms with Gasteiger partial charge in [-0.25, -0.2) is 0 Å². The molecule has 2 heterocycles. The van der Waals surface area contributed by atoms with Gasteiger partial charge in [0.2, 0.25) is 11.8 Å². The third-order valence-corrected chi connectivity index (χ3v) is 2.56. The van der Waals surface area contributed by atoms with Crippen LogP contribution in [0, 0.1) is 0 Å². The Bertz CT molecular complexity index is 239. The number of likely N-dealkylation sites (tertiary alicyclic amines) is 1. The van der Waals surface area contributed by atoms with Crippen LogP contribution in [0.3, 0.4) is 0 Å². The van der Waals surface area contributed by atoms with Gasteiger partial charge in [0.25, 0.3) is 0 Å². The minimum Gasteiger partial charge on any atom is -0.349 e. The normalized spacial score (nSPS) is 34.9. The van der Waals surface area contributed by atoms with Crippen molar-refractivity contribution in [2.75, 3.05) is 6.54 Å². The van der Waals surface area contributed by atoms with Crippen LogP contribution >= 0.6 is 0 Å². The summed E-state index contributed by atoms with van der Waals surface area (Å²) in [5.74, 6) is 0.124. The quantitative estimate of drug-likeness (QED) is 0.536. The molecular weight excluding hydrogens is 156 g/mol. The van der Waals surface area contributed by atoms with E-state index in [-0.39, 0.29) is 23.9 Å². The van der Waals surface area contributed by atoms with Gasteiger partial charge in [-0.05, 0) is 13.3 Å². The summed E-state index contributed by atoms with van der Waals surface area (Å²) >= 11 is 0. The predicted molar refractivity (Wildman–Crippen MR) is 42.3 cm³/mol. The molecule has 4 nitrogen and oxygen atoms in total. The van der Waals surface area contributed by atoms with E-state index >= 15 is 0 Å². The van der Waals surface area contributed by atoms with Gasteiger partial charge in [0.1, 0.15) is 6.04 Å². The molecule has 0 saturated carbocycles. The van der Waals surface area contributed by atoms with E-state index in [1.807, 2.05) is 6.92 Å². The second-order valence-electron chi connectivity index (χ2n) is 3.43. The van der Waals surface area contributed by atoms with Crippen LogP contribution in [-0.4, -0.2) is 35.3 Å². The van der Waals surface area contributed by atoms with Gasteiger partial charge >= 0.3 is 0 Å². The average molecular weight is 168 g/mol. The first-order valence-electron chi connectivity index (χ1n) is 4.30. The predicted octanol–water partition coefficient (Wildman–Crippen LogP) is -0.504. The smallest absolute Gasteiger partial charge is 0.245 e. The molecule has 4 heteroatoms. The van der Waals surface area contributed by atoms with Gasteiger partial charge in [-0.2, -0.15) is 0 Å². The van der Waals surface area contributed by atoms with E-state index in [9.17, 15) is 9.59 Å². The summed E-state index contributed by atoms with van der Waals surface area (Å²) in [6, 6.07) is -0.0421. The minimum atomic E-state index is -0.181. The van der Waals surface area contributed by atoms with Crippen molar-refractivity contribution in [2.45, 2.75) is 31.8 Å². The lowest BCUT2D eigenvalue weighted by atomic mass is 9.99. The van der Waals surface area contributed by atoms with Gasteiger partial charge in [-0.1, -0.05) is 0 Å². The summed E-state index contributed by atoms with van der Waals surface area (Å²) < 4.78 is 0. The largest absolute Gasteiger partial charge is 0.349 e. The van der Waals surface area contributed by atoms with Crippen LogP contribution < -0.4 is 5.32 Å². The number of amides is 2. The van der Waals surface area contributed by atoms with Crippen LogP contribution in [-0.2, 0) is 9.59 Å². The van der Waals surface area contributed by atoms with E-state index < -0.39 is 0 Å². The number of hydrogen-bond acceptors (Lipinski definition) is 2. The van der Waals surface area contributed by atoms with Crippen molar-refractivity contribution >= 4 is 11.8 Å². The lowest BCUT2D eigenvalue weighted by molar-refractivity contribution is -0.145. The third-order valence-electron chi connectivity index (χ3n) is 2.56. The lowest BCUT2D eigenvalue weighted by Crippen LogP contribution is -2.68. The minimum absolute atomic E-state index is 0.00208. The molecule has 0 spiro atoms. The molecule has 2 atom stereocenters. The number of carbonyl (C=O) groups excluding carboxylic acids is 2. The van der Waals surface area contributed by atoms with E-state index in [2.05, 4.69) is 5.32 Å². The van der Waals surface area contributed by atoms with Gasteiger partial charge < -0.3 is 10.2 Å². The molecule has 2 fully saturated rings. The standard InChI is InChI=1S/C8H12N2O2/c1-5-7(8(12)9-5)10-4-2-3-6(10)11/h5,7H,2-4H2,1H3,(H,9,12). The van der Waals surface area contributed by atoms with Crippen LogP contribution in [0.25, 0.3) is 0 Å². The van der Waals surface area contributed by atoms with Gasteiger partial charge in [-0.3, -0.25) is 9.59 Å². The van der Waals surface area contributed by atoms with E-state index in [0.29, 0.717) is 6.42 Å². The summed E-state index contributed by atoms with van der Waals surface area (Å²) in [5.41, 5.74) is 0. The van der Waals surface area contributed by atoms with Gasteiger partial charge in [-0.15, -0.1) is 0 Å². The maximum Gasteiger partial charge on any atom is 0.245 e. The first kappa shape index (κ1) is 7.58. The second-order valence-corrected chi connectivity index (χ2v) is 3.43. The fourth-order valence-electron chi connectivity index (χ4n) is 1.89. The fraction of sp³-hybridized carbons (Fsp3) is 0.750. The number of rotatable bonds is 1. The first-order valence-corrected chi connectivity index (χ1v) is 4.30. The summed E-state index contributed by atoms with van der Waals surface area (Å²) in [4.78, 5) is 24.0. The SMILES string of the molecule is CC1NC(=O)C1N1CCCC1=O. The molecule has 0 bridgehead atoms. The summed E-state index contributed by atoms with van der Waals surface area (Å²) in [6.45, 7) is 2.68. The molecule has 66 valence electrons. The van der Waals surface area contributed by atoms with E-state index in [4.69, 9.17) is 0 Å². The van der Waals surface area contributed by atoms with E-state index in [1.165, 1.54) is 0 Å². The molecule has 0 aromatic rings. The monoisotopic (exact) mass is 168 g/mol. The Balaban J connectivity index is 2.08. The maximum absolute atomic E-state index is 11.2. The molecule has 0 aliphatic carbocycles. The van der Waals surface area contributed by atoms with Crippen LogP contribution in [0.1, 0.15) is 19.8 Å². The van der Waals surface area contributed by atoms with Crippen molar-refractivity contribution in [3.63, 3.8) is 0 Å². The zero-order valence-electron chi connectivity index (χ0n) is 7.04. The highest BCUT2D eigenvalue weighted by Gasteiger charge is 2.43. The molecule has 2 unspecified atom stereocenters. The molecular formula is C8H12N2O2. The van der Waals surface area contributed by atoms with Crippen molar-refractivity contribution in [3.8, 4) is 0 Å². The lowest BCUT2D eigenvalue weighted by Gasteiger charge is -2.40. The van der Waals surface area contributed by atoms with Crippen molar-refractivity contribution < 1.29 is 9.59 Å². The number of nitrogens with one attached hydrogen (secondary N) is 1. The topological polar surface area (TPSA) is 49.4 Å². The third kappa shape index (κ3) is 0.906. The van der Waals surface area contributed by atoms with E-state index in [1.54, 1.807) is 4.90 Å². The number of nitrogens with zero attached hydrogens (tertiary/aromatic N) is 1. The Kier molecular flexibility index (Phi) is 1.56. The number of hydrogen-bond donors (Lipinski definition) is 1. The molecule has 0 radical (unpaired) electrons. The Morgan fingerprint density at radius 1 is 1.50 bits per heavy atom. The number of carbonyl (C=O) groups is 2. The van der Waals surface area contributed by atoms with E-state index in [0.717, 1.165) is 13.0 Å². The van der Waals surface area contributed by atoms with Crippen molar-refractivity contribution in [2.24, 2.45) is 0 Å². The first-order chi connectivity index (χ1) is 5.70. The molecule has 12 heavy (non-hydrogen) atoms. The maximum atomic E-state index is 11.2. The van der Waals surface area contributed by atoms with Crippen LogP contribution in [0.5, 0.6) is 0 Å². The highest BCUT2D eigenvalue weighted by Crippen LogP contribution is 2.20. The van der Waals surface area contributed by atoms with Gasteiger partial charge in [0, 0.05) is 13.0 Å². The molecule has 0 aromatic heterocycles. The van der Waals surface area contributed by atoms with Crippen molar-refractivity contribution in [1.82, 2.24) is 10.2 Å². The summed E-state index contributed by atoms with van der Waals surface area (Å²) in [7, 11) is 0. The summed E-state index contributed by atoms with van der Waals surface area (Å²) in [6.07, 6.45) is 1.51. The number of β-lactam (4-membered cyclic amide) rings is 1. The molecule has 2 aliphatic heterocycles. The molecule has 2 amide bonds. The molecule has 2 aliphatic rings. The molecule has 1 N–H and O–H groups in total. The molecule has 0 aromatic carbocycles. The van der Waals surface area contributed by atoms with Crippen LogP contribution in [0.2, 0.25) is 0 Å². The molecule has 2 saturated heterocycles. The van der Waals surface area contributed by atoms with Gasteiger partial charge in [0.05, 0.1) is 6.04 Å². The Morgan fingerprint density at radius 2 is 2.25 bits per heavy atom. The van der Waals surface area contributed by atoms with Crippen LogP contribution in [0.4, 0.5) is 0 Å². The Labute approximate surface area is 70.9 Å².